The van der Waals surface area contributed by atoms with E-state index in [1.54, 1.807) is 0 Å². The number of aliphatic hydroxyl groups is 3. The van der Waals surface area contributed by atoms with Crippen molar-refractivity contribution in [2.75, 3.05) is 13.2 Å². The van der Waals surface area contributed by atoms with Gasteiger partial charge in [-0.1, -0.05) is 0 Å². The van der Waals surface area contributed by atoms with Crippen molar-refractivity contribution in [2.45, 2.75) is 25.2 Å². The lowest BCUT2D eigenvalue weighted by Crippen LogP contribution is -2.56. The zero-order valence-corrected chi connectivity index (χ0v) is 6.57. The van der Waals surface area contributed by atoms with Gasteiger partial charge in [-0.3, -0.25) is 0 Å². The van der Waals surface area contributed by atoms with Crippen LogP contribution in [0.5, 0.6) is 0 Å². The molecule has 0 aromatic heterocycles. The van der Waals surface area contributed by atoms with Crippen LogP contribution in [-0.4, -0.2) is 46.7 Å². The van der Waals surface area contributed by atoms with Gasteiger partial charge < -0.3 is 20.6 Å². The topological polar surface area (TPSA) is 72.7 Å². The van der Waals surface area contributed by atoms with E-state index in [0.29, 0.717) is 6.54 Å². The number of hydrogen-bond donors (Lipinski definition) is 4. The molecule has 4 atom stereocenters. The molecule has 4 heteroatoms. The van der Waals surface area contributed by atoms with Gasteiger partial charge in [0, 0.05) is 25.1 Å². The Hall–Kier alpha value is -0.160. The van der Waals surface area contributed by atoms with Crippen LogP contribution in [0.3, 0.4) is 0 Å². The lowest BCUT2D eigenvalue weighted by Gasteiger charge is -2.35. The molecule has 1 heterocycles. The third-order valence-electron chi connectivity index (χ3n) is 2.28. The van der Waals surface area contributed by atoms with Gasteiger partial charge in [-0.05, 0) is 6.92 Å². The Balaban J connectivity index is 2.52. The first kappa shape index (κ1) is 8.93. The Morgan fingerprint density at radius 3 is 2.55 bits per heavy atom. The van der Waals surface area contributed by atoms with Crippen LogP contribution in [0.15, 0.2) is 0 Å². The van der Waals surface area contributed by atoms with Gasteiger partial charge in [-0.15, -0.1) is 0 Å². The molecule has 0 spiro atoms. The van der Waals surface area contributed by atoms with Gasteiger partial charge in [-0.2, -0.15) is 0 Å². The molecule has 0 saturated carbocycles. The van der Waals surface area contributed by atoms with Crippen molar-refractivity contribution in [2.24, 2.45) is 5.92 Å². The smallest absolute Gasteiger partial charge is 0.0952 e. The number of nitrogens with one attached hydrogen (secondary N) is 1. The van der Waals surface area contributed by atoms with E-state index in [4.69, 9.17) is 5.11 Å². The first-order valence-electron chi connectivity index (χ1n) is 3.87. The summed E-state index contributed by atoms with van der Waals surface area (Å²) in [5.74, 6) is -0.235. The van der Waals surface area contributed by atoms with Crippen LogP contribution in [0.2, 0.25) is 0 Å². The quantitative estimate of drug-likeness (QED) is 0.370. The van der Waals surface area contributed by atoms with E-state index in [0.717, 1.165) is 0 Å². The highest BCUT2D eigenvalue weighted by molar-refractivity contribution is 4.89. The van der Waals surface area contributed by atoms with E-state index < -0.39 is 12.2 Å². The van der Waals surface area contributed by atoms with Gasteiger partial charge in [0.15, 0.2) is 0 Å². The molecule has 1 aliphatic rings. The zero-order chi connectivity index (χ0) is 8.43. The van der Waals surface area contributed by atoms with Gasteiger partial charge in [0.25, 0.3) is 0 Å². The third-order valence-corrected chi connectivity index (χ3v) is 2.28. The summed E-state index contributed by atoms with van der Waals surface area (Å²) >= 11 is 0. The molecule has 4 nitrogen and oxygen atoms in total. The molecule has 11 heavy (non-hydrogen) atoms. The Bertz CT molecular complexity index is 129. The first-order chi connectivity index (χ1) is 5.16. The summed E-state index contributed by atoms with van der Waals surface area (Å²) in [5, 5.41) is 30.4. The van der Waals surface area contributed by atoms with Gasteiger partial charge in [0.05, 0.1) is 12.2 Å². The third kappa shape index (κ3) is 1.70. The highest BCUT2D eigenvalue weighted by atomic mass is 16.3. The average Bonchev–Trinajstić information content (AvgIpc) is 2.01. The van der Waals surface area contributed by atoms with Gasteiger partial charge in [0.1, 0.15) is 0 Å². The highest BCUT2D eigenvalue weighted by Crippen LogP contribution is 2.14. The molecule has 0 aromatic rings. The highest BCUT2D eigenvalue weighted by Gasteiger charge is 2.34. The maximum Gasteiger partial charge on any atom is 0.0952 e. The second-order valence-electron chi connectivity index (χ2n) is 3.12. The molecular formula is C7H15NO3. The molecule has 4 N–H and O–H groups in total. The van der Waals surface area contributed by atoms with Gasteiger partial charge in [0.2, 0.25) is 0 Å². The maximum atomic E-state index is 9.36. The average molecular weight is 161 g/mol. The van der Waals surface area contributed by atoms with Crippen LogP contribution in [0.1, 0.15) is 6.92 Å². The van der Waals surface area contributed by atoms with Crippen LogP contribution in [0.4, 0.5) is 0 Å². The zero-order valence-electron chi connectivity index (χ0n) is 6.57. The Morgan fingerprint density at radius 2 is 2.00 bits per heavy atom. The van der Waals surface area contributed by atoms with E-state index in [1.165, 1.54) is 0 Å². The minimum absolute atomic E-state index is 0.0854. The molecule has 0 amide bonds. The summed E-state index contributed by atoms with van der Waals surface area (Å²) < 4.78 is 0. The maximum absolute atomic E-state index is 9.36. The van der Waals surface area contributed by atoms with Crippen molar-refractivity contribution in [3.8, 4) is 0 Å². The van der Waals surface area contributed by atoms with E-state index in [1.807, 2.05) is 6.92 Å². The van der Waals surface area contributed by atoms with Crippen LogP contribution in [-0.2, 0) is 0 Å². The largest absolute Gasteiger partial charge is 0.396 e. The molecule has 1 fully saturated rings. The SMILES string of the molecule is C[C@@H]1NC[C@@H](CO)[C@@H](O)[C@@H]1O. The summed E-state index contributed by atoms with van der Waals surface area (Å²) in [6.07, 6.45) is -1.56. The fourth-order valence-corrected chi connectivity index (χ4v) is 1.33. The number of piperidine rings is 1. The van der Waals surface area contributed by atoms with Crippen LogP contribution in [0.25, 0.3) is 0 Å². The summed E-state index contributed by atoms with van der Waals surface area (Å²) in [6, 6.07) is -0.0900. The minimum atomic E-state index is -0.795. The number of rotatable bonds is 1. The van der Waals surface area contributed by atoms with Crippen molar-refractivity contribution in [3.63, 3.8) is 0 Å². The molecule has 1 aliphatic heterocycles. The van der Waals surface area contributed by atoms with E-state index in [2.05, 4.69) is 5.32 Å². The molecule has 0 radical (unpaired) electrons. The first-order valence-corrected chi connectivity index (χ1v) is 3.87. The predicted molar refractivity (Wildman–Crippen MR) is 40.1 cm³/mol. The summed E-state index contributed by atoms with van der Waals surface area (Å²) in [6.45, 7) is 2.29. The standard InChI is InChI=1S/C7H15NO3/c1-4-6(10)7(11)5(3-9)2-8-4/h4-11H,2-3H2,1H3/t4-,5-,6+,7+/m0/s1. The fourth-order valence-electron chi connectivity index (χ4n) is 1.33. The number of aliphatic hydroxyl groups excluding tert-OH is 3. The molecule has 66 valence electrons. The predicted octanol–water partition coefficient (Wildman–Crippen LogP) is -1.69. The van der Waals surface area contributed by atoms with Crippen molar-refractivity contribution >= 4 is 0 Å². The molecule has 0 unspecified atom stereocenters. The van der Waals surface area contributed by atoms with Crippen molar-refractivity contribution in [1.82, 2.24) is 5.32 Å². The summed E-state index contributed by atoms with van der Waals surface area (Å²) in [5.41, 5.74) is 0. The van der Waals surface area contributed by atoms with Crippen LogP contribution in [0, 0.1) is 5.92 Å². The molecule has 0 aliphatic carbocycles. The molecule has 0 aromatic carbocycles. The van der Waals surface area contributed by atoms with Crippen molar-refractivity contribution < 1.29 is 15.3 Å². The Labute approximate surface area is 65.9 Å². The molecule has 1 saturated heterocycles. The second kappa shape index (κ2) is 3.49. The Kier molecular flexibility index (Phi) is 2.84. The van der Waals surface area contributed by atoms with Gasteiger partial charge >= 0.3 is 0 Å². The summed E-state index contributed by atoms with van der Waals surface area (Å²) in [4.78, 5) is 0. The summed E-state index contributed by atoms with van der Waals surface area (Å²) in [7, 11) is 0. The Morgan fingerprint density at radius 1 is 1.36 bits per heavy atom. The lowest BCUT2D eigenvalue weighted by atomic mass is 9.90. The molecule has 1 rings (SSSR count). The van der Waals surface area contributed by atoms with Gasteiger partial charge in [-0.25, -0.2) is 0 Å². The number of hydrogen-bond acceptors (Lipinski definition) is 4. The molecular weight excluding hydrogens is 146 g/mol. The van der Waals surface area contributed by atoms with E-state index >= 15 is 0 Å². The van der Waals surface area contributed by atoms with Crippen LogP contribution < -0.4 is 5.32 Å². The molecule has 0 bridgehead atoms. The normalized spacial score (nSPS) is 45.8. The van der Waals surface area contributed by atoms with Crippen molar-refractivity contribution in [1.29, 1.82) is 0 Å². The second-order valence-corrected chi connectivity index (χ2v) is 3.12. The van der Waals surface area contributed by atoms with E-state index in [-0.39, 0.29) is 18.6 Å². The monoisotopic (exact) mass is 161 g/mol. The fraction of sp³-hybridized carbons (Fsp3) is 1.00. The lowest BCUT2D eigenvalue weighted by molar-refractivity contribution is -0.0675. The minimum Gasteiger partial charge on any atom is -0.396 e. The van der Waals surface area contributed by atoms with Crippen LogP contribution >= 0.6 is 0 Å². The van der Waals surface area contributed by atoms with Crippen molar-refractivity contribution in [3.05, 3.63) is 0 Å². The van der Waals surface area contributed by atoms with E-state index in [9.17, 15) is 10.2 Å².